The summed E-state index contributed by atoms with van der Waals surface area (Å²) in [5.74, 6) is 1.08. The third-order valence-corrected chi connectivity index (χ3v) is 4.93. The molecule has 0 bridgehead atoms. The van der Waals surface area contributed by atoms with E-state index >= 15 is 0 Å². The van der Waals surface area contributed by atoms with Crippen LogP contribution in [0.2, 0.25) is 0 Å². The van der Waals surface area contributed by atoms with Crippen molar-refractivity contribution >= 4 is 38.2 Å². The molecule has 0 unspecified atom stereocenters. The van der Waals surface area contributed by atoms with Crippen molar-refractivity contribution in [3.8, 4) is 22.2 Å². The molecule has 0 aliphatic rings. The molecule has 0 spiro atoms. The number of hydrogen-bond donors (Lipinski definition) is 0. The topological polar surface area (TPSA) is 51.8 Å². The number of hydrogen-bond acceptors (Lipinski definition) is 5. The normalized spacial score (nSPS) is 11.2. The minimum absolute atomic E-state index is 0.489. The Bertz CT molecular complexity index is 976. The van der Waals surface area contributed by atoms with Crippen molar-refractivity contribution in [1.82, 2.24) is 15.1 Å². The van der Waals surface area contributed by atoms with Crippen LogP contribution < -0.4 is 0 Å². The third kappa shape index (κ3) is 2.34. The van der Waals surface area contributed by atoms with E-state index in [0.29, 0.717) is 11.7 Å². The fraction of sp³-hybridized carbons (Fsp3) is 0.0625. The highest BCUT2D eigenvalue weighted by atomic mass is 79.9. The molecule has 0 aliphatic heterocycles. The van der Waals surface area contributed by atoms with E-state index in [1.54, 1.807) is 11.3 Å². The lowest BCUT2D eigenvalue weighted by molar-refractivity contribution is 0.433. The van der Waals surface area contributed by atoms with Gasteiger partial charge in [0, 0.05) is 11.1 Å². The second-order valence-electron chi connectivity index (χ2n) is 4.86. The molecule has 0 fully saturated rings. The van der Waals surface area contributed by atoms with Crippen LogP contribution in [-0.2, 0) is 0 Å². The molecular weight excluding hydrogens is 362 g/mol. The van der Waals surface area contributed by atoms with Gasteiger partial charge in [0.15, 0.2) is 0 Å². The Morgan fingerprint density at radius 2 is 1.95 bits per heavy atom. The molecular formula is C16H10BrN3OS. The van der Waals surface area contributed by atoms with Crippen molar-refractivity contribution in [2.24, 2.45) is 0 Å². The van der Waals surface area contributed by atoms with Gasteiger partial charge in [0.25, 0.3) is 5.89 Å². The van der Waals surface area contributed by atoms with Gasteiger partial charge in [-0.3, -0.25) is 4.98 Å². The van der Waals surface area contributed by atoms with Crippen LogP contribution in [0.1, 0.15) is 5.69 Å². The number of nitrogens with zero attached hydrogens (tertiary/aromatic N) is 3. The minimum atomic E-state index is 0.489. The van der Waals surface area contributed by atoms with Crippen molar-refractivity contribution in [2.45, 2.75) is 6.92 Å². The molecule has 4 nitrogen and oxygen atoms in total. The number of pyridine rings is 1. The van der Waals surface area contributed by atoms with Crippen LogP contribution in [0.4, 0.5) is 0 Å². The Balaban J connectivity index is 1.86. The number of rotatable bonds is 2. The Hall–Kier alpha value is -2.05. The average Bonchev–Trinajstić information content (AvgIpc) is 3.15. The van der Waals surface area contributed by atoms with Crippen LogP contribution in [0.25, 0.3) is 33.1 Å². The number of para-hydroxylation sites is 1. The summed E-state index contributed by atoms with van der Waals surface area (Å²) < 4.78 is 6.49. The van der Waals surface area contributed by atoms with E-state index < -0.39 is 0 Å². The van der Waals surface area contributed by atoms with Gasteiger partial charge in [-0.25, -0.2) is 0 Å². The number of aryl methyl sites for hydroxylation is 1. The highest BCUT2D eigenvalue weighted by molar-refractivity contribution is 9.11. The molecule has 108 valence electrons. The number of benzene rings is 1. The Morgan fingerprint density at radius 1 is 1.05 bits per heavy atom. The predicted molar refractivity (Wildman–Crippen MR) is 90.8 cm³/mol. The number of aromatic nitrogens is 3. The highest BCUT2D eigenvalue weighted by Crippen LogP contribution is 2.32. The fourth-order valence-electron chi connectivity index (χ4n) is 2.28. The summed E-state index contributed by atoms with van der Waals surface area (Å²) in [5, 5.41) is 5.14. The first kappa shape index (κ1) is 13.6. The highest BCUT2D eigenvalue weighted by Gasteiger charge is 2.15. The molecule has 0 aliphatic carbocycles. The fourth-order valence-corrected chi connectivity index (χ4v) is 3.60. The van der Waals surface area contributed by atoms with Crippen LogP contribution in [0.3, 0.4) is 0 Å². The number of thiophene rings is 1. The van der Waals surface area contributed by atoms with E-state index in [1.165, 1.54) is 0 Å². The predicted octanol–water partition coefficient (Wildman–Crippen LogP) is 5.08. The van der Waals surface area contributed by atoms with Crippen molar-refractivity contribution in [1.29, 1.82) is 0 Å². The number of halogens is 1. The summed E-state index contributed by atoms with van der Waals surface area (Å²) in [7, 11) is 0. The Labute approximate surface area is 139 Å². The van der Waals surface area contributed by atoms with E-state index in [1.807, 2.05) is 43.3 Å². The van der Waals surface area contributed by atoms with Crippen molar-refractivity contribution < 1.29 is 4.52 Å². The maximum Gasteiger partial charge on any atom is 0.260 e. The molecule has 0 saturated carbocycles. The van der Waals surface area contributed by atoms with E-state index in [-0.39, 0.29) is 0 Å². The largest absolute Gasteiger partial charge is 0.334 e. The average molecular weight is 372 g/mol. The standard InChI is InChI=1S/C16H10BrN3OS/c1-9-5-6-10-3-2-4-11(14(10)18-9)16-19-15(20-21-16)12-7-8-13(17)22-12/h2-8H,1H3. The summed E-state index contributed by atoms with van der Waals surface area (Å²) in [5.41, 5.74) is 2.70. The van der Waals surface area contributed by atoms with Crippen molar-refractivity contribution in [3.63, 3.8) is 0 Å². The zero-order chi connectivity index (χ0) is 15.1. The van der Waals surface area contributed by atoms with Crippen molar-refractivity contribution in [3.05, 3.63) is 51.9 Å². The molecule has 22 heavy (non-hydrogen) atoms. The van der Waals surface area contributed by atoms with Crippen LogP contribution >= 0.6 is 27.3 Å². The molecule has 0 atom stereocenters. The maximum atomic E-state index is 5.45. The lowest BCUT2D eigenvalue weighted by atomic mass is 10.1. The second kappa shape index (κ2) is 5.30. The molecule has 6 heteroatoms. The quantitative estimate of drug-likeness (QED) is 0.492. The van der Waals surface area contributed by atoms with Gasteiger partial charge in [-0.15, -0.1) is 11.3 Å². The molecule has 0 radical (unpaired) electrons. The molecule has 0 N–H and O–H groups in total. The summed E-state index contributed by atoms with van der Waals surface area (Å²) in [6, 6.07) is 13.9. The lowest BCUT2D eigenvalue weighted by Crippen LogP contribution is -1.87. The van der Waals surface area contributed by atoms with Gasteiger partial charge in [0.1, 0.15) is 0 Å². The molecule has 0 saturated heterocycles. The van der Waals surface area contributed by atoms with Gasteiger partial charge in [-0.1, -0.05) is 23.4 Å². The Kier molecular flexibility index (Phi) is 3.28. The smallest absolute Gasteiger partial charge is 0.260 e. The summed E-state index contributed by atoms with van der Waals surface area (Å²) >= 11 is 5.02. The maximum absolute atomic E-state index is 5.45. The minimum Gasteiger partial charge on any atom is -0.334 e. The van der Waals surface area contributed by atoms with E-state index in [0.717, 1.165) is 30.8 Å². The molecule has 3 aromatic heterocycles. The van der Waals surface area contributed by atoms with Gasteiger partial charge >= 0.3 is 0 Å². The zero-order valence-corrected chi connectivity index (χ0v) is 14.0. The Morgan fingerprint density at radius 3 is 2.77 bits per heavy atom. The van der Waals surface area contributed by atoms with Gasteiger partial charge in [0.05, 0.1) is 19.7 Å². The first-order valence-electron chi connectivity index (χ1n) is 6.67. The van der Waals surface area contributed by atoms with E-state index in [9.17, 15) is 0 Å². The summed E-state index contributed by atoms with van der Waals surface area (Å²) in [4.78, 5) is 10.1. The first-order valence-corrected chi connectivity index (χ1v) is 8.28. The lowest BCUT2D eigenvalue weighted by Gasteiger charge is -2.02. The second-order valence-corrected chi connectivity index (χ2v) is 7.32. The molecule has 3 heterocycles. The third-order valence-electron chi connectivity index (χ3n) is 3.31. The van der Waals surface area contributed by atoms with E-state index in [4.69, 9.17) is 4.52 Å². The SMILES string of the molecule is Cc1ccc2cccc(-c3nc(-c4ccc(Br)s4)no3)c2n1. The zero-order valence-electron chi connectivity index (χ0n) is 11.6. The van der Waals surface area contributed by atoms with Crippen LogP contribution in [0.15, 0.2) is 50.8 Å². The molecule has 1 aromatic carbocycles. The number of fused-ring (bicyclic) bond motifs is 1. The summed E-state index contributed by atoms with van der Waals surface area (Å²) in [6.45, 7) is 1.97. The van der Waals surface area contributed by atoms with Crippen LogP contribution in [0, 0.1) is 6.92 Å². The van der Waals surface area contributed by atoms with Gasteiger partial charge in [-0.2, -0.15) is 4.98 Å². The monoisotopic (exact) mass is 371 g/mol. The van der Waals surface area contributed by atoms with Gasteiger partial charge in [0.2, 0.25) is 5.82 Å². The summed E-state index contributed by atoms with van der Waals surface area (Å²) in [6.07, 6.45) is 0. The van der Waals surface area contributed by atoms with Gasteiger partial charge < -0.3 is 4.52 Å². The van der Waals surface area contributed by atoms with Crippen LogP contribution in [-0.4, -0.2) is 15.1 Å². The molecule has 4 aromatic rings. The van der Waals surface area contributed by atoms with Crippen LogP contribution in [0.5, 0.6) is 0 Å². The molecule has 0 amide bonds. The first-order chi connectivity index (χ1) is 10.7. The van der Waals surface area contributed by atoms with E-state index in [2.05, 4.69) is 37.1 Å². The van der Waals surface area contributed by atoms with Crippen molar-refractivity contribution in [2.75, 3.05) is 0 Å². The molecule has 4 rings (SSSR count). The van der Waals surface area contributed by atoms with Gasteiger partial charge in [-0.05, 0) is 47.1 Å².